The van der Waals surface area contributed by atoms with E-state index in [4.69, 9.17) is 18.0 Å². The molecule has 0 radical (unpaired) electrons. The summed E-state index contributed by atoms with van der Waals surface area (Å²) in [5.74, 6) is 0.322. The lowest BCUT2D eigenvalue weighted by Crippen LogP contribution is -2.32. The Morgan fingerprint density at radius 3 is 2.84 bits per heavy atom. The molecule has 0 spiro atoms. The van der Waals surface area contributed by atoms with Crippen LogP contribution in [0.4, 0.5) is 0 Å². The van der Waals surface area contributed by atoms with E-state index in [0.29, 0.717) is 18.0 Å². The van der Waals surface area contributed by atoms with E-state index in [2.05, 4.69) is 5.10 Å². The zero-order chi connectivity index (χ0) is 14.0. The summed E-state index contributed by atoms with van der Waals surface area (Å²) in [6, 6.07) is 5.58. The van der Waals surface area contributed by atoms with Crippen LogP contribution in [0.3, 0.4) is 0 Å². The van der Waals surface area contributed by atoms with Crippen molar-refractivity contribution in [1.82, 2.24) is 9.78 Å². The van der Waals surface area contributed by atoms with Gasteiger partial charge in [-0.1, -0.05) is 32.1 Å². The Bertz CT molecular complexity index is 644. The van der Waals surface area contributed by atoms with Gasteiger partial charge in [-0.2, -0.15) is 5.10 Å². The maximum atomic E-state index is 12.2. The van der Waals surface area contributed by atoms with E-state index < -0.39 is 0 Å². The number of hydrogen-bond acceptors (Lipinski definition) is 4. The molecule has 2 N–H and O–H groups in total. The molecule has 0 bridgehead atoms. The molecule has 0 unspecified atom stereocenters. The lowest BCUT2D eigenvalue weighted by Gasteiger charge is -2.11. The molecule has 0 fully saturated rings. The molecule has 0 saturated carbocycles. The van der Waals surface area contributed by atoms with Gasteiger partial charge < -0.3 is 5.73 Å². The molecule has 19 heavy (non-hydrogen) atoms. The van der Waals surface area contributed by atoms with Crippen LogP contribution in [-0.2, 0) is 6.54 Å². The zero-order valence-corrected chi connectivity index (χ0v) is 12.4. The number of hydrogen-bond donors (Lipinski definition) is 1. The van der Waals surface area contributed by atoms with Gasteiger partial charge in [-0.15, -0.1) is 11.3 Å². The van der Waals surface area contributed by atoms with Crippen LogP contribution in [0.5, 0.6) is 0 Å². The largest absolute Gasteiger partial charge is 0.389 e. The molecule has 0 aliphatic heterocycles. The topological polar surface area (TPSA) is 60.9 Å². The molecule has 4 nitrogen and oxygen atoms in total. The van der Waals surface area contributed by atoms with Crippen molar-refractivity contribution in [3.05, 3.63) is 39.5 Å². The average Bonchev–Trinajstić information content (AvgIpc) is 2.84. The summed E-state index contributed by atoms with van der Waals surface area (Å²) >= 11 is 6.52. The third-order valence-electron chi connectivity index (χ3n) is 2.55. The number of aromatic nitrogens is 2. The number of nitrogens with zero attached hydrogens (tertiary/aromatic N) is 2. The van der Waals surface area contributed by atoms with Crippen LogP contribution in [0.2, 0.25) is 0 Å². The van der Waals surface area contributed by atoms with Crippen LogP contribution >= 0.6 is 23.6 Å². The van der Waals surface area contributed by atoms with Gasteiger partial charge in [-0.25, -0.2) is 4.68 Å². The summed E-state index contributed by atoms with van der Waals surface area (Å²) in [4.78, 5) is 13.3. The lowest BCUT2D eigenvalue weighted by molar-refractivity contribution is 0.465. The maximum Gasteiger partial charge on any atom is 0.277 e. The Morgan fingerprint density at radius 2 is 2.32 bits per heavy atom. The van der Waals surface area contributed by atoms with Crippen molar-refractivity contribution in [2.75, 3.05) is 0 Å². The first kappa shape index (κ1) is 13.9. The fraction of sp³-hybridized carbons (Fsp3) is 0.308. The number of thiophene rings is 1. The van der Waals surface area contributed by atoms with Gasteiger partial charge in [0.2, 0.25) is 0 Å². The zero-order valence-electron chi connectivity index (χ0n) is 10.8. The minimum atomic E-state index is -0.221. The Kier molecular flexibility index (Phi) is 4.11. The highest BCUT2D eigenvalue weighted by Gasteiger charge is 2.13. The van der Waals surface area contributed by atoms with Gasteiger partial charge in [-0.05, 0) is 23.4 Å². The second-order valence-electron chi connectivity index (χ2n) is 4.67. The van der Waals surface area contributed by atoms with Crippen molar-refractivity contribution in [1.29, 1.82) is 0 Å². The molecule has 0 atom stereocenters. The molecular weight excluding hydrogens is 278 g/mol. The summed E-state index contributed by atoms with van der Waals surface area (Å²) in [5.41, 5.74) is 6.50. The molecular formula is C13H15N3OS2. The first-order chi connectivity index (χ1) is 8.99. The van der Waals surface area contributed by atoms with Gasteiger partial charge in [0.1, 0.15) is 10.7 Å². The average molecular weight is 293 g/mol. The van der Waals surface area contributed by atoms with E-state index in [9.17, 15) is 4.79 Å². The summed E-state index contributed by atoms with van der Waals surface area (Å²) < 4.78 is 1.45. The molecule has 0 saturated heterocycles. The Labute approximate surface area is 120 Å². The number of rotatable bonds is 4. The standard InChI is InChI=1S/C13H15N3OS2/c1-8(2)7-16-13(17)9(12(14)18)6-10(15-16)11-4-3-5-19-11/h3-6,8H,7H2,1-2H3,(H2,14,18). The molecule has 2 aromatic rings. The van der Waals surface area contributed by atoms with Gasteiger partial charge in [0.05, 0.1) is 10.4 Å². The van der Waals surface area contributed by atoms with Crippen molar-refractivity contribution >= 4 is 28.5 Å². The molecule has 2 heterocycles. The second kappa shape index (κ2) is 5.63. The Morgan fingerprint density at radius 1 is 1.58 bits per heavy atom. The van der Waals surface area contributed by atoms with Gasteiger partial charge >= 0.3 is 0 Å². The predicted octanol–water partition coefficient (Wildman–Crippen LogP) is 2.26. The van der Waals surface area contributed by atoms with Gasteiger partial charge in [-0.3, -0.25) is 4.79 Å². The lowest BCUT2D eigenvalue weighted by atomic mass is 10.2. The fourth-order valence-electron chi connectivity index (χ4n) is 1.73. The summed E-state index contributed by atoms with van der Waals surface area (Å²) in [7, 11) is 0. The van der Waals surface area contributed by atoms with E-state index in [1.54, 1.807) is 17.4 Å². The fourth-order valence-corrected chi connectivity index (χ4v) is 2.56. The normalized spacial score (nSPS) is 10.9. The van der Waals surface area contributed by atoms with Crippen LogP contribution in [0, 0.1) is 5.92 Å². The Hall–Kier alpha value is -1.53. The number of nitrogens with two attached hydrogens (primary N) is 1. The maximum absolute atomic E-state index is 12.2. The van der Waals surface area contributed by atoms with Crippen LogP contribution in [-0.4, -0.2) is 14.8 Å². The molecule has 0 aliphatic carbocycles. The van der Waals surface area contributed by atoms with Crippen molar-refractivity contribution in [3.63, 3.8) is 0 Å². The van der Waals surface area contributed by atoms with Crippen LogP contribution in [0.1, 0.15) is 19.4 Å². The highest BCUT2D eigenvalue weighted by Crippen LogP contribution is 2.22. The van der Waals surface area contributed by atoms with E-state index in [1.807, 2.05) is 31.4 Å². The second-order valence-corrected chi connectivity index (χ2v) is 6.05. The van der Waals surface area contributed by atoms with E-state index in [-0.39, 0.29) is 10.5 Å². The SMILES string of the molecule is CC(C)Cn1nc(-c2cccs2)cc(C(N)=S)c1=O. The summed E-state index contributed by atoms with van der Waals surface area (Å²) in [5, 5.41) is 6.36. The van der Waals surface area contributed by atoms with E-state index >= 15 is 0 Å². The third kappa shape index (κ3) is 3.08. The van der Waals surface area contributed by atoms with Gasteiger partial charge in [0.25, 0.3) is 5.56 Å². The summed E-state index contributed by atoms with van der Waals surface area (Å²) in [6.45, 7) is 4.62. The minimum Gasteiger partial charge on any atom is -0.389 e. The van der Waals surface area contributed by atoms with E-state index in [0.717, 1.165) is 10.6 Å². The molecule has 0 aromatic carbocycles. The van der Waals surface area contributed by atoms with Crippen molar-refractivity contribution in [2.24, 2.45) is 11.7 Å². The van der Waals surface area contributed by atoms with Crippen molar-refractivity contribution in [2.45, 2.75) is 20.4 Å². The van der Waals surface area contributed by atoms with Gasteiger partial charge in [0.15, 0.2) is 0 Å². The summed E-state index contributed by atoms with van der Waals surface area (Å²) in [6.07, 6.45) is 0. The van der Waals surface area contributed by atoms with Crippen LogP contribution in [0.25, 0.3) is 10.6 Å². The third-order valence-corrected chi connectivity index (χ3v) is 3.66. The van der Waals surface area contributed by atoms with Crippen LogP contribution < -0.4 is 11.3 Å². The molecule has 6 heteroatoms. The Balaban J connectivity index is 2.61. The minimum absolute atomic E-state index is 0.114. The highest BCUT2D eigenvalue weighted by atomic mass is 32.1. The van der Waals surface area contributed by atoms with E-state index in [1.165, 1.54) is 4.68 Å². The molecule has 2 aromatic heterocycles. The van der Waals surface area contributed by atoms with Gasteiger partial charge in [0, 0.05) is 6.54 Å². The van der Waals surface area contributed by atoms with Crippen molar-refractivity contribution in [3.8, 4) is 10.6 Å². The molecule has 0 aliphatic rings. The van der Waals surface area contributed by atoms with Crippen LogP contribution in [0.15, 0.2) is 28.4 Å². The number of thiocarbonyl (C=S) groups is 1. The highest BCUT2D eigenvalue weighted by molar-refractivity contribution is 7.80. The smallest absolute Gasteiger partial charge is 0.277 e. The van der Waals surface area contributed by atoms with Crippen molar-refractivity contribution < 1.29 is 0 Å². The molecule has 100 valence electrons. The first-order valence-corrected chi connectivity index (χ1v) is 7.23. The molecule has 2 rings (SSSR count). The molecule has 0 amide bonds. The monoisotopic (exact) mass is 293 g/mol. The predicted molar refractivity (Wildman–Crippen MR) is 82.5 cm³/mol. The first-order valence-electron chi connectivity index (χ1n) is 5.95. The quantitative estimate of drug-likeness (QED) is 0.878.